The lowest BCUT2D eigenvalue weighted by atomic mass is 10.3. The molecule has 0 saturated carbocycles. The zero-order valence-electron chi connectivity index (χ0n) is 10.6. The standard InChI is InChI=1S/C14H17BrO3/c1-3-4-5-10-17-14(16)11(2)18-13-8-6-12(15)7-9-13/h4-9,11H,3,10H2,1-2H3/b5-4+. The van der Waals surface area contributed by atoms with Crippen molar-refractivity contribution < 1.29 is 14.3 Å². The minimum atomic E-state index is -0.610. The Labute approximate surface area is 116 Å². The van der Waals surface area contributed by atoms with Gasteiger partial charge in [-0.1, -0.05) is 35.0 Å². The molecule has 0 heterocycles. The van der Waals surface area contributed by atoms with Gasteiger partial charge in [-0.15, -0.1) is 0 Å². The summed E-state index contributed by atoms with van der Waals surface area (Å²) in [5.41, 5.74) is 0. The molecule has 98 valence electrons. The van der Waals surface area contributed by atoms with Gasteiger partial charge in [0.15, 0.2) is 6.10 Å². The van der Waals surface area contributed by atoms with Crippen molar-refractivity contribution in [2.45, 2.75) is 26.4 Å². The van der Waals surface area contributed by atoms with E-state index < -0.39 is 6.10 Å². The molecule has 0 spiro atoms. The summed E-state index contributed by atoms with van der Waals surface area (Å²) in [6.07, 6.45) is 4.10. The van der Waals surface area contributed by atoms with E-state index in [1.165, 1.54) is 0 Å². The molecule has 0 bridgehead atoms. The van der Waals surface area contributed by atoms with E-state index in [2.05, 4.69) is 15.9 Å². The molecule has 0 aliphatic rings. The summed E-state index contributed by atoms with van der Waals surface area (Å²) < 4.78 is 11.5. The smallest absolute Gasteiger partial charge is 0.347 e. The Hall–Kier alpha value is -1.29. The summed E-state index contributed by atoms with van der Waals surface area (Å²) >= 11 is 3.33. The predicted octanol–water partition coefficient (Wildman–Crippen LogP) is 3.73. The van der Waals surface area contributed by atoms with E-state index in [9.17, 15) is 4.79 Å². The molecule has 1 aromatic rings. The minimum Gasteiger partial charge on any atom is -0.479 e. The minimum absolute atomic E-state index is 0.292. The largest absolute Gasteiger partial charge is 0.479 e. The Balaban J connectivity index is 2.39. The third kappa shape index (κ3) is 5.36. The Morgan fingerprint density at radius 1 is 1.33 bits per heavy atom. The van der Waals surface area contributed by atoms with Crippen LogP contribution in [0.4, 0.5) is 0 Å². The van der Waals surface area contributed by atoms with E-state index in [-0.39, 0.29) is 5.97 Å². The second-order valence-corrected chi connectivity index (χ2v) is 4.64. The van der Waals surface area contributed by atoms with Crippen LogP contribution < -0.4 is 4.74 Å². The Bertz CT molecular complexity index is 398. The molecule has 0 saturated heterocycles. The fourth-order valence-electron chi connectivity index (χ4n) is 1.25. The molecule has 0 amide bonds. The van der Waals surface area contributed by atoms with Gasteiger partial charge in [0.05, 0.1) is 0 Å². The maximum Gasteiger partial charge on any atom is 0.347 e. The lowest BCUT2D eigenvalue weighted by molar-refractivity contribution is -0.149. The van der Waals surface area contributed by atoms with Crippen LogP contribution >= 0.6 is 15.9 Å². The van der Waals surface area contributed by atoms with Gasteiger partial charge >= 0.3 is 5.97 Å². The molecule has 1 aromatic carbocycles. The van der Waals surface area contributed by atoms with Gasteiger partial charge in [-0.2, -0.15) is 0 Å². The van der Waals surface area contributed by atoms with Crippen molar-refractivity contribution in [1.82, 2.24) is 0 Å². The predicted molar refractivity (Wildman–Crippen MR) is 74.6 cm³/mol. The van der Waals surface area contributed by atoms with Crippen LogP contribution in [0.2, 0.25) is 0 Å². The van der Waals surface area contributed by atoms with Gasteiger partial charge in [-0.05, 0) is 37.6 Å². The number of hydrogen-bond acceptors (Lipinski definition) is 3. The third-order valence-corrected chi connectivity index (χ3v) is 2.71. The highest BCUT2D eigenvalue weighted by molar-refractivity contribution is 9.10. The number of halogens is 1. The van der Waals surface area contributed by atoms with Crippen molar-refractivity contribution in [2.24, 2.45) is 0 Å². The molecular formula is C14H17BrO3. The van der Waals surface area contributed by atoms with Gasteiger partial charge < -0.3 is 9.47 Å². The summed E-state index contributed by atoms with van der Waals surface area (Å²) in [5.74, 6) is 0.283. The van der Waals surface area contributed by atoms with Crippen molar-refractivity contribution in [1.29, 1.82) is 0 Å². The third-order valence-electron chi connectivity index (χ3n) is 2.18. The first kappa shape index (κ1) is 14.8. The average molecular weight is 313 g/mol. The summed E-state index contributed by atoms with van der Waals surface area (Å²) in [6, 6.07) is 7.31. The van der Waals surface area contributed by atoms with E-state index in [1.54, 1.807) is 19.1 Å². The van der Waals surface area contributed by atoms with Crippen LogP contribution in [0.5, 0.6) is 5.75 Å². The molecule has 0 N–H and O–H groups in total. The van der Waals surface area contributed by atoms with Gasteiger partial charge in [-0.25, -0.2) is 4.79 Å². The van der Waals surface area contributed by atoms with Crippen LogP contribution in [0, 0.1) is 0 Å². The van der Waals surface area contributed by atoms with Crippen LogP contribution in [0.15, 0.2) is 40.9 Å². The number of carbonyl (C=O) groups is 1. The molecule has 0 aromatic heterocycles. The highest BCUT2D eigenvalue weighted by Crippen LogP contribution is 2.17. The molecule has 4 heteroatoms. The molecule has 0 aliphatic carbocycles. The first-order chi connectivity index (χ1) is 8.63. The van der Waals surface area contributed by atoms with Crippen molar-refractivity contribution in [2.75, 3.05) is 6.61 Å². The van der Waals surface area contributed by atoms with E-state index in [4.69, 9.17) is 9.47 Å². The summed E-state index contributed by atoms with van der Waals surface area (Å²) in [6.45, 7) is 3.99. The molecule has 1 unspecified atom stereocenters. The first-order valence-corrected chi connectivity index (χ1v) is 6.66. The zero-order valence-corrected chi connectivity index (χ0v) is 12.1. The highest BCUT2D eigenvalue weighted by Gasteiger charge is 2.15. The van der Waals surface area contributed by atoms with Crippen LogP contribution in [0.3, 0.4) is 0 Å². The van der Waals surface area contributed by atoms with Crippen LogP contribution in [-0.2, 0) is 9.53 Å². The molecular weight excluding hydrogens is 296 g/mol. The quantitative estimate of drug-likeness (QED) is 0.593. The fourth-order valence-corrected chi connectivity index (χ4v) is 1.51. The van der Waals surface area contributed by atoms with Gasteiger partial charge in [0.25, 0.3) is 0 Å². The maximum atomic E-state index is 11.6. The number of ether oxygens (including phenoxy) is 2. The van der Waals surface area contributed by atoms with Gasteiger partial charge in [0.2, 0.25) is 0 Å². The lowest BCUT2D eigenvalue weighted by Gasteiger charge is -2.13. The van der Waals surface area contributed by atoms with Crippen LogP contribution in [-0.4, -0.2) is 18.7 Å². The summed E-state index contributed by atoms with van der Waals surface area (Å²) in [4.78, 5) is 11.6. The van der Waals surface area contributed by atoms with E-state index in [0.717, 1.165) is 10.9 Å². The molecule has 0 aliphatic heterocycles. The second-order valence-electron chi connectivity index (χ2n) is 3.72. The molecule has 0 radical (unpaired) electrons. The fraction of sp³-hybridized carbons (Fsp3) is 0.357. The van der Waals surface area contributed by atoms with E-state index in [1.807, 2.05) is 31.2 Å². The van der Waals surface area contributed by atoms with Crippen molar-refractivity contribution in [3.05, 3.63) is 40.9 Å². The van der Waals surface area contributed by atoms with E-state index >= 15 is 0 Å². The van der Waals surface area contributed by atoms with Crippen molar-refractivity contribution >= 4 is 21.9 Å². The number of esters is 1. The van der Waals surface area contributed by atoms with Crippen molar-refractivity contribution in [3.8, 4) is 5.75 Å². The number of benzene rings is 1. The molecule has 3 nitrogen and oxygen atoms in total. The molecule has 1 rings (SSSR count). The highest BCUT2D eigenvalue weighted by atomic mass is 79.9. The van der Waals surface area contributed by atoms with E-state index in [0.29, 0.717) is 12.4 Å². The number of rotatable bonds is 6. The first-order valence-electron chi connectivity index (χ1n) is 5.87. The molecule has 18 heavy (non-hydrogen) atoms. The average Bonchev–Trinajstić information content (AvgIpc) is 2.37. The maximum absolute atomic E-state index is 11.6. The van der Waals surface area contributed by atoms with Gasteiger partial charge in [0, 0.05) is 4.47 Å². The Morgan fingerprint density at radius 2 is 2.00 bits per heavy atom. The topological polar surface area (TPSA) is 35.5 Å². The van der Waals surface area contributed by atoms with Gasteiger partial charge in [-0.3, -0.25) is 0 Å². The number of hydrogen-bond donors (Lipinski definition) is 0. The van der Waals surface area contributed by atoms with Crippen molar-refractivity contribution in [3.63, 3.8) is 0 Å². The normalized spacial score (nSPS) is 12.4. The number of allylic oxidation sites excluding steroid dienone is 1. The van der Waals surface area contributed by atoms with Gasteiger partial charge in [0.1, 0.15) is 12.4 Å². The summed E-state index contributed by atoms with van der Waals surface area (Å²) in [5, 5.41) is 0. The molecule has 0 fully saturated rings. The second kappa shape index (κ2) is 7.93. The molecule has 1 atom stereocenters. The Morgan fingerprint density at radius 3 is 2.61 bits per heavy atom. The van der Waals surface area contributed by atoms with Crippen LogP contribution in [0.1, 0.15) is 20.3 Å². The lowest BCUT2D eigenvalue weighted by Crippen LogP contribution is -2.26. The monoisotopic (exact) mass is 312 g/mol. The number of carbonyl (C=O) groups excluding carboxylic acids is 1. The Kier molecular flexibility index (Phi) is 6.50. The summed E-state index contributed by atoms with van der Waals surface area (Å²) in [7, 11) is 0. The zero-order chi connectivity index (χ0) is 13.4. The SMILES string of the molecule is CC/C=C/COC(=O)C(C)Oc1ccc(Br)cc1. The van der Waals surface area contributed by atoms with Crippen LogP contribution in [0.25, 0.3) is 0 Å².